The van der Waals surface area contributed by atoms with Crippen LogP contribution in [0.5, 0.6) is 5.75 Å². The van der Waals surface area contributed by atoms with Crippen LogP contribution in [0, 0.1) is 10.1 Å². The van der Waals surface area contributed by atoms with Gasteiger partial charge in [-0.2, -0.15) is 0 Å². The number of nitro groups is 1. The first-order valence-electron chi connectivity index (χ1n) is 8.61. The van der Waals surface area contributed by atoms with Gasteiger partial charge in [0, 0.05) is 36.0 Å². The van der Waals surface area contributed by atoms with E-state index in [1.165, 1.54) is 17.0 Å². The molecular formula is C22H18N2O3. The molecule has 0 amide bonds. The predicted octanol–water partition coefficient (Wildman–Crippen LogP) is 5.27. The number of benzene rings is 3. The summed E-state index contributed by atoms with van der Waals surface area (Å²) in [5.74, 6) is 0.691. The Morgan fingerprint density at radius 2 is 1.85 bits per heavy atom. The van der Waals surface area contributed by atoms with Crippen molar-refractivity contribution < 1.29 is 9.66 Å². The molecule has 0 saturated heterocycles. The molecule has 27 heavy (non-hydrogen) atoms. The van der Waals surface area contributed by atoms with Crippen molar-refractivity contribution in [1.29, 1.82) is 0 Å². The zero-order valence-corrected chi connectivity index (χ0v) is 14.8. The Balaban J connectivity index is 1.75. The van der Waals surface area contributed by atoms with Gasteiger partial charge in [-0.05, 0) is 40.8 Å². The molecule has 0 aliphatic carbocycles. The zero-order chi connectivity index (χ0) is 18.8. The van der Waals surface area contributed by atoms with Crippen LogP contribution in [0.15, 0.2) is 79.0 Å². The first-order chi connectivity index (χ1) is 13.2. The summed E-state index contributed by atoms with van der Waals surface area (Å²) in [4.78, 5) is 10.7. The lowest BCUT2D eigenvalue weighted by Crippen LogP contribution is -1.99. The lowest BCUT2D eigenvalue weighted by atomic mass is 10.0. The molecule has 0 atom stereocenters. The number of para-hydroxylation sites is 1. The van der Waals surface area contributed by atoms with Crippen LogP contribution in [-0.2, 0) is 6.54 Å². The van der Waals surface area contributed by atoms with Gasteiger partial charge in [-0.25, -0.2) is 0 Å². The molecule has 134 valence electrons. The fraction of sp³-hybridized carbons (Fsp3) is 0.0909. The average Bonchev–Trinajstić information content (AvgIpc) is 3.11. The molecule has 5 nitrogen and oxygen atoms in total. The van der Waals surface area contributed by atoms with Crippen molar-refractivity contribution in [3.8, 4) is 16.9 Å². The molecule has 0 N–H and O–H groups in total. The minimum atomic E-state index is -0.383. The van der Waals surface area contributed by atoms with Gasteiger partial charge in [-0.15, -0.1) is 0 Å². The van der Waals surface area contributed by atoms with Crippen molar-refractivity contribution in [2.75, 3.05) is 7.11 Å². The van der Waals surface area contributed by atoms with Gasteiger partial charge in [0.25, 0.3) is 5.69 Å². The molecule has 0 fully saturated rings. The molecule has 0 aliphatic rings. The monoisotopic (exact) mass is 358 g/mol. The molecule has 0 spiro atoms. The number of aromatic nitrogens is 1. The second kappa shape index (κ2) is 6.96. The highest BCUT2D eigenvalue weighted by atomic mass is 16.6. The normalized spacial score (nSPS) is 10.9. The van der Waals surface area contributed by atoms with E-state index in [4.69, 9.17) is 4.74 Å². The van der Waals surface area contributed by atoms with Gasteiger partial charge in [-0.3, -0.25) is 10.1 Å². The molecule has 1 heterocycles. The summed E-state index contributed by atoms with van der Waals surface area (Å²) in [5, 5.41) is 12.3. The van der Waals surface area contributed by atoms with Gasteiger partial charge in [-0.1, -0.05) is 36.4 Å². The minimum absolute atomic E-state index is 0.0661. The van der Waals surface area contributed by atoms with Crippen molar-refractivity contribution in [3.63, 3.8) is 0 Å². The Labute approximate surface area is 156 Å². The molecule has 4 aromatic rings. The second-order valence-corrected chi connectivity index (χ2v) is 6.34. The van der Waals surface area contributed by atoms with Crippen molar-refractivity contribution in [2.24, 2.45) is 0 Å². The van der Waals surface area contributed by atoms with Crippen LogP contribution >= 0.6 is 0 Å². The maximum absolute atomic E-state index is 11.1. The Hall–Kier alpha value is -3.60. The Kier molecular flexibility index (Phi) is 4.34. The quantitative estimate of drug-likeness (QED) is 0.360. The number of rotatable bonds is 5. The van der Waals surface area contributed by atoms with E-state index in [0.717, 1.165) is 16.7 Å². The molecular weight excluding hydrogens is 340 g/mol. The Bertz CT molecular complexity index is 1130. The van der Waals surface area contributed by atoms with Crippen LogP contribution in [0.1, 0.15) is 5.56 Å². The highest BCUT2D eigenvalue weighted by Crippen LogP contribution is 2.33. The smallest absolute Gasteiger partial charge is 0.270 e. The second-order valence-electron chi connectivity index (χ2n) is 6.34. The van der Waals surface area contributed by atoms with Gasteiger partial charge in [0.1, 0.15) is 5.75 Å². The molecule has 0 unspecified atom stereocenters. The third-order valence-corrected chi connectivity index (χ3v) is 4.67. The first kappa shape index (κ1) is 16.8. The van der Waals surface area contributed by atoms with Crippen molar-refractivity contribution in [2.45, 2.75) is 6.54 Å². The highest BCUT2D eigenvalue weighted by Gasteiger charge is 2.12. The number of ether oxygens (including phenoxy) is 1. The molecule has 0 aliphatic heterocycles. The maximum atomic E-state index is 11.1. The number of fused-ring (bicyclic) bond motifs is 1. The van der Waals surface area contributed by atoms with Crippen LogP contribution in [0.2, 0.25) is 0 Å². The molecule has 5 heteroatoms. The number of nitro benzene ring substituents is 1. The summed E-state index contributed by atoms with van der Waals surface area (Å²) in [7, 11) is 1.61. The number of methoxy groups -OCH3 is 1. The topological polar surface area (TPSA) is 57.3 Å². The Morgan fingerprint density at radius 3 is 2.67 bits per heavy atom. The molecule has 1 aromatic heterocycles. The van der Waals surface area contributed by atoms with Gasteiger partial charge < -0.3 is 9.30 Å². The summed E-state index contributed by atoms with van der Waals surface area (Å²) < 4.78 is 7.67. The van der Waals surface area contributed by atoms with Crippen molar-refractivity contribution >= 4 is 16.6 Å². The van der Waals surface area contributed by atoms with E-state index in [-0.39, 0.29) is 10.6 Å². The van der Waals surface area contributed by atoms with E-state index in [2.05, 4.69) is 29.0 Å². The number of non-ortho nitro benzene ring substituents is 1. The van der Waals surface area contributed by atoms with Crippen LogP contribution < -0.4 is 4.74 Å². The lowest BCUT2D eigenvalue weighted by Gasteiger charge is -2.12. The number of hydrogen-bond donors (Lipinski definition) is 0. The highest BCUT2D eigenvalue weighted by molar-refractivity contribution is 5.80. The minimum Gasteiger partial charge on any atom is -0.496 e. The predicted molar refractivity (Wildman–Crippen MR) is 106 cm³/mol. The number of nitrogens with zero attached hydrogens (tertiary/aromatic N) is 2. The molecule has 0 bridgehead atoms. The zero-order valence-electron chi connectivity index (χ0n) is 14.8. The number of hydrogen-bond acceptors (Lipinski definition) is 3. The third kappa shape index (κ3) is 3.27. The van der Waals surface area contributed by atoms with E-state index >= 15 is 0 Å². The molecule has 0 radical (unpaired) electrons. The first-order valence-corrected chi connectivity index (χ1v) is 8.61. The lowest BCUT2D eigenvalue weighted by molar-refractivity contribution is -0.384. The van der Waals surface area contributed by atoms with E-state index in [1.807, 2.05) is 36.4 Å². The fourth-order valence-electron chi connectivity index (χ4n) is 3.34. The van der Waals surface area contributed by atoms with Crippen molar-refractivity contribution in [1.82, 2.24) is 4.57 Å². The average molecular weight is 358 g/mol. The summed E-state index contributed by atoms with van der Waals surface area (Å²) in [6, 6.07) is 22.9. The van der Waals surface area contributed by atoms with E-state index < -0.39 is 0 Å². The van der Waals surface area contributed by atoms with E-state index in [1.54, 1.807) is 19.2 Å². The Morgan fingerprint density at radius 1 is 1.00 bits per heavy atom. The van der Waals surface area contributed by atoms with Gasteiger partial charge >= 0.3 is 0 Å². The molecule has 0 saturated carbocycles. The molecule has 4 rings (SSSR count). The van der Waals surface area contributed by atoms with Crippen LogP contribution in [0.4, 0.5) is 5.69 Å². The van der Waals surface area contributed by atoms with Gasteiger partial charge in [0.2, 0.25) is 0 Å². The third-order valence-electron chi connectivity index (χ3n) is 4.67. The molecule has 3 aromatic carbocycles. The summed E-state index contributed by atoms with van der Waals surface area (Å²) >= 11 is 0. The standard InChI is InChI=1S/C22H18N2O3/c1-27-22-10-9-16(15-23-12-11-17-5-2-3-8-21(17)23)13-20(22)18-6-4-7-19(14-18)24(25)26/h2-14H,15H2,1H3. The fourth-order valence-corrected chi connectivity index (χ4v) is 3.34. The van der Waals surface area contributed by atoms with Gasteiger partial charge in [0.15, 0.2) is 0 Å². The largest absolute Gasteiger partial charge is 0.496 e. The summed E-state index contributed by atoms with van der Waals surface area (Å²) in [6.07, 6.45) is 2.07. The van der Waals surface area contributed by atoms with Crippen LogP contribution in [0.25, 0.3) is 22.0 Å². The van der Waals surface area contributed by atoms with E-state index in [0.29, 0.717) is 12.3 Å². The SMILES string of the molecule is COc1ccc(Cn2ccc3ccccc32)cc1-c1cccc([N+](=O)[O-])c1. The summed E-state index contributed by atoms with van der Waals surface area (Å²) in [5.41, 5.74) is 3.94. The van der Waals surface area contributed by atoms with Crippen LogP contribution in [-0.4, -0.2) is 16.6 Å². The summed E-state index contributed by atoms with van der Waals surface area (Å²) in [6.45, 7) is 0.708. The van der Waals surface area contributed by atoms with E-state index in [9.17, 15) is 10.1 Å². The van der Waals surface area contributed by atoms with Crippen molar-refractivity contribution in [3.05, 3.63) is 94.7 Å². The van der Waals surface area contributed by atoms with Crippen LogP contribution in [0.3, 0.4) is 0 Å². The maximum Gasteiger partial charge on any atom is 0.270 e. The van der Waals surface area contributed by atoms with Gasteiger partial charge in [0.05, 0.1) is 12.0 Å².